The Balaban J connectivity index is 0.000001000. The van der Waals surface area contributed by atoms with Gasteiger partial charge in [0, 0.05) is 0 Å². The molecule has 0 spiro atoms. The minimum atomic E-state index is 0. The largest absolute Gasteiger partial charge is 1.00 e. The first-order chi connectivity index (χ1) is 4.70. The average molecular weight is 238 g/mol. The summed E-state index contributed by atoms with van der Waals surface area (Å²) in [5.41, 5.74) is 4.89. The Kier molecular flexibility index (Phi) is 4.65. The highest BCUT2D eigenvalue weighted by Gasteiger charge is 2.02. The fraction of sp³-hybridized carbons (Fsp3) is 0.286. The van der Waals surface area contributed by atoms with E-state index >= 15 is 0 Å². The molecule has 0 fully saturated rings. The molecule has 0 aromatic carbocycles. The molecule has 1 atom stereocenters. The van der Waals surface area contributed by atoms with Gasteiger partial charge in [0.15, 0.2) is 0 Å². The topological polar surface area (TPSA) is 40.5 Å². The molecule has 1 rings (SSSR count). The van der Waals surface area contributed by atoms with Gasteiger partial charge in [0.2, 0.25) is 0 Å². The first-order valence-electron chi connectivity index (χ1n) is 3.15. The van der Waals surface area contributed by atoms with Gasteiger partial charge in [0.05, 0.1) is 5.69 Å². The van der Waals surface area contributed by atoms with E-state index in [9.17, 15) is 0 Å². The van der Waals surface area contributed by atoms with Crippen molar-refractivity contribution in [2.24, 2.45) is 0 Å². The molecule has 0 radical (unpaired) electrons. The van der Waals surface area contributed by atoms with Crippen molar-refractivity contribution in [1.29, 1.82) is 0 Å². The van der Waals surface area contributed by atoms with E-state index in [4.69, 9.17) is 0 Å². The number of aromatic nitrogens is 1. The Morgan fingerprint density at radius 2 is 2.18 bits per heavy atom. The van der Waals surface area contributed by atoms with E-state index < -0.39 is 0 Å². The normalized spacial score (nSPS) is 11.9. The maximum absolute atomic E-state index is 4.23. The van der Waals surface area contributed by atoms with Crippen LogP contribution in [0.3, 0.4) is 0 Å². The summed E-state index contributed by atoms with van der Waals surface area (Å²) in [5.74, 6) is 0. The van der Waals surface area contributed by atoms with Gasteiger partial charge in [-0.2, -0.15) is 0 Å². The van der Waals surface area contributed by atoms with Crippen LogP contribution < -0.4 is 18.1 Å². The van der Waals surface area contributed by atoms with E-state index in [1.165, 1.54) is 0 Å². The quantitative estimate of drug-likeness (QED) is 0.573. The molecular formula is C7H10BrClN2. The summed E-state index contributed by atoms with van der Waals surface area (Å²) < 4.78 is 0.875. The SMILES string of the molecule is CC([NH3+])c1cccc(Br)n1.[Cl-]. The molecule has 2 nitrogen and oxygen atoms in total. The monoisotopic (exact) mass is 236 g/mol. The molecule has 1 heterocycles. The van der Waals surface area contributed by atoms with Gasteiger partial charge in [-0.25, -0.2) is 4.98 Å². The zero-order valence-electron chi connectivity index (χ0n) is 6.22. The lowest BCUT2D eigenvalue weighted by molar-refractivity contribution is -0.421. The number of halogens is 2. The maximum Gasteiger partial charge on any atom is 0.124 e. The third kappa shape index (κ3) is 3.18. The Morgan fingerprint density at radius 3 is 2.55 bits per heavy atom. The lowest BCUT2D eigenvalue weighted by atomic mass is 10.2. The Hall–Kier alpha value is -0.120. The summed E-state index contributed by atoms with van der Waals surface area (Å²) in [7, 11) is 0. The smallest absolute Gasteiger partial charge is 0.124 e. The van der Waals surface area contributed by atoms with Crippen LogP contribution >= 0.6 is 15.9 Å². The Bertz CT molecular complexity index is 227. The molecule has 4 heteroatoms. The molecule has 1 aromatic rings. The molecule has 0 aliphatic rings. The van der Waals surface area contributed by atoms with Crippen LogP contribution in [-0.4, -0.2) is 4.98 Å². The molecule has 0 saturated heterocycles. The third-order valence-electron chi connectivity index (χ3n) is 1.24. The van der Waals surface area contributed by atoms with Gasteiger partial charge in [0.1, 0.15) is 10.6 Å². The minimum absolute atomic E-state index is 0. The lowest BCUT2D eigenvalue weighted by Crippen LogP contribution is -3.00. The van der Waals surface area contributed by atoms with Crippen molar-refractivity contribution < 1.29 is 18.1 Å². The average Bonchev–Trinajstić information content (AvgIpc) is 1.88. The summed E-state index contributed by atoms with van der Waals surface area (Å²) in [4.78, 5) is 4.23. The van der Waals surface area contributed by atoms with Crippen LogP contribution in [0.4, 0.5) is 0 Å². The third-order valence-corrected chi connectivity index (χ3v) is 1.68. The number of quaternary nitrogens is 1. The summed E-state index contributed by atoms with van der Waals surface area (Å²) in [6.07, 6.45) is 0. The van der Waals surface area contributed by atoms with Gasteiger partial charge in [0.25, 0.3) is 0 Å². The first kappa shape index (κ1) is 10.9. The maximum atomic E-state index is 4.23. The predicted octanol–water partition coefficient (Wildman–Crippen LogP) is -1.85. The fourth-order valence-corrected chi connectivity index (χ4v) is 1.06. The Morgan fingerprint density at radius 1 is 1.55 bits per heavy atom. The van der Waals surface area contributed by atoms with Crippen LogP contribution in [0.25, 0.3) is 0 Å². The predicted molar refractivity (Wildman–Crippen MR) is 43.2 cm³/mol. The van der Waals surface area contributed by atoms with Gasteiger partial charge in [-0.3, -0.25) is 0 Å². The molecule has 0 aliphatic carbocycles. The molecule has 0 amide bonds. The van der Waals surface area contributed by atoms with Crippen molar-refractivity contribution in [1.82, 2.24) is 4.98 Å². The molecular weight excluding hydrogens is 227 g/mol. The summed E-state index contributed by atoms with van der Waals surface area (Å²) in [6, 6.07) is 6.11. The summed E-state index contributed by atoms with van der Waals surface area (Å²) >= 11 is 3.29. The number of hydrogen-bond donors (Lipinski definition) is 1. The van der Waals surface area contributed by atoms with Crippen molar-refractivity contribution in [3.05, 3.63) is 28.5 Å². The minimum Gasteiger partial charge on any atom is -1.00 e. The number of pyridine rings is 1. The van der Waals surface area contributed by atoms with Crippen molar-refractivity contribution >= 4 is 15.9 Å². The van der Waals surface area contributed by atoms with Crippen LogP contribution in [-0.2, 0) is 0 Å². The van der Waals surface area contributed by atoms with E-state index in [1.807, 2.05) is 25.1 Å². The van der Waals surface area contributed by atoms with Crippen LogP contribution in [0.5, 0.6) is 0 Å². The molecule has 1 unspecified atom stereocenters. The molecule has 0 bridgehead atoms. The van der Waals surface area contributed by atoms with Crippen molar-refractivity contribution in [3.63, 3.8) is 0 Å². The molecule has 3 N–H and O–H groups in total. The molecule has 0 saturated carbocycles. The highest BCUT2D eigenvalue weighted by molar-refractivity contribution is 9.10. The first-order valence-corrected chi connectivity index (χ1v) is 3.95. The van der Waals surface area contributed by atoms with Gasteiger partial charge < -0.3 is 18.1 Å². The van der Waals surface area contributed by atoms with Crippen molar-refractivity contribution in [3.8, 4) is 0 Å². The Labute approximate surface area is 80.7 Å². The zero-order chi connectivity index (χ0) is 7.56. The van der Waals surface area contributed by atoms with Crippen molar-refractivity contribution in [2.45, 2.75) is 13.0 Å². The molecule has 0 aliphatic heterocycles. The van der Waals surface area contributed by atoms with E-state index in [0.29, 0.717) is 0 Å². The lowest BCUT2D eigenvalue weighted by Gasteiger charge is -1.99. The highest BCUT2D eigenvalue weighted by Crippen LogP contribution is 2.09. The molecule has 11 heavy (non-hydrogen) atoms. The van der Waals surface area contributed by atoms with Crippen LogP contribution in [0.2, 0.25) is 0 Å². The van der Waals surface area contributed by atoms with Gasteiger partial charge in [-0.05, 0) is 35.0 Å². The van der Waals surface area contributed by atoms with E-state index in [-0.39, 0.29) is 18.4 Å². The van der Waals surface area contributed by atoms with Crippen molar-refractivity contribution in [2.75, 3.05) is 0 Å². The van der Waals surface area contributed by atoms with E-state index in [0.717, 1.165) is 10.3 Å². The summed E-state index contributed by atoms with van der Waals surface area (Å²) in [5, 5.41) is 0. The second-order valence-electron chi connectivity index (χ2n) is 2.29. The number of nitrogens with zero attached hydrogens (tertiary/aromatic N) is 1. The van der Waals surface area contributed by atoms with E-state index in [2.05, 4.69) is 26.6 Å². The van der Waals surface area contributed by atoms with Gasteiger partial charge in [-0.15, -0.1) is 0 Å². The fourth-order valence-electron chi connectivity index (χ4n) is 0.698. The highest BCUT2D eigenvalue weighted by atomic mass is 79.9. The van der Waals surface area contributed by atoms with Crippen LogP contribution in [0.1, 0.15) is 18.7 Å². The zero-order valence-corrected chi connectivity index (χ0v) is 8.56. The second-order valence-corrected chi connectivity index (χ2v) is 3.10. The van der Waals surface area contributed by atoms with Gasteiger partial charge >= 0.3 is 0 Å². The van der Waals surface area contributed by atoms with Crippen LogP contribution in [0.15, 0.2) is 22.8 Å². The van der Waals surface area contributed by atoms with Crippen LogP contribution in [0, 0.1) is 0 Å². The summed E-state index contributed by atoms with van der Waals surface area (Å²) in [6.45, 7) is 2.02. The standard InChI is InChI=1S/C7H9BrN2.ClH/c1-5(9)6-3-2-4-7(8)10-6;/h2-5H,9H2,1H3;1H. The van der Waals surface area contributed by atoms with Gasteiger partial charge in [-0.1, -0.05) is 6.07 Å². The number of hydrogen-bond acceptors (Lipinski definition) is 1. The molecule has 62 valence electrons. The second kappa shape index (κ2) is 4.70. The number of rotatable bonds is 1. The van der Waals surface area contributed by atoms with E-state index in [1.54, 1.807) is 0 Å². The molecule has 1 aromatic heterocycles.